The molecule has 6 rings (SSSR count). The van der Waals surface area contributed by atoms with Gasteiger partial charge in [0.15, 0.2) is 5.76 Å². The topological polar surface area (TPSA) is 71.8 Å². The molecule has 38 heavy (non-hydrogen) atoms. The molecule has 192 valence electrons. The van der Waals surface area contributed by atoms with Crippen LogP contribution in [0.4, 0.5) is 5.69 Å². The molecule has 0 unspecified atom stereocenters. The number of rotatable bonds is 7. The summed E-state index contributed by atoms with van der Waals surface area (Å²) in [5.41, 5.74) is 5.35. The maximum absolute atomic E-state index is 13.2. The number of benzene rings is 3. The van der Waals surface area contributed by atoms with Crippen LogP contribution < -0.4 is 10.1 Å². The van der Waals surface area contributed by atoms with E-state index in [4.69, 9.17) is 9.15 Å². The Kier molecular flexibility index (Phi) is 6.46. The molecule has 1 N–H and O–H groups in total. The van der Waals surface area contributed by atoms with Crippen LogP contribution in [0.5, 0.6) is 5.75 Å². The SMILES string of the molecule is Cc1ccc([C@@H]2c3cc(OCc4ccc(C(=O)Nc5ccccc5)o4)ccc3CCN2C(=O)C2CC2)cc1. The summed E-state index contributed by atoms with van der Waals surface area (Å²) in [6, 6.07) is 27.1. The number of aryl methyl sites for hydroxylation is 1. The van der Waals surface area contributed by atoms with Crippen molar-refractivity contribution >= 4 is 17.5 Å². The number of carbonyl (C=O) groups excluding carboxylic acids is 2. The van der Waals surface area contributed by atoms with E-state index < -0.39 is 0 Å². The van der Waals surface area contributed by atoms with E-state index in [-0.39, 0.29) is 36.1 Å². The molecule has 0 bridgehead atoms. The van der Waals surface area contributed by atoms with Gasteiger partial charge in [0.25, 0.3) is 5.91 Å². The number of ether oxygens (including phenoxy) is 1. The van der Waals surface area contributed by atoms with E-state index in [0.29, 0.717) is 17.2 Å². The Morgan fingerprint density at radius 3 is 2.53 bits per heavy atom. The van der Waals surface area contributed by atoms with E-state index >= 15 is 0 Å². The molecule has 3 aromatic carbocycles. The zero-order valence-electron chi connectivity index (χ0n) is 21.4. The molecule has 6 nitrogen and oxygen atoms in total. The summed E-state index contributed by atoms with van der Waals surface area (Å²) in [5, 5.41) is 2.82. The number of fused-ring (bicyclic) bond motifs is 1. The molecule has 2 aliphatic rings. The van der Waals surface area contributed by atoms with Gasteiger partial charge in [0, 0.05) is 18.2 Å². The van der Waals surface area contributed by atoms with Crippen molar-refractivity contribution in [2.45, 2.75) is 38.8 Å². The number of anilines is 1. The molecule has 1 fully saturated rings. The minimum atomic E-state index is -0.308. The average Bonchev–Trinajstić information content (AvgIpc) is 3.69. The van der Waals surface area contributed by atoms with Crippen LogP contribution in [-0.4, -0.2) is 23.3 Å². The van der Waals surface area contributed by atoms with E-state index in [1.54, 1.807) is 12.1 Å². The van der Waals surface area contributed by atoms with E-state index in [1.807, 2.05) is 36.4 Å². The van der Waals surface area contributed by atoms with Crippen molar-refractivity contribution in [1.82, 2.24) is 4.90 Å². The number of hydrogen-bond acceptors (Lipinski definition) is 4. The van der Waals surface area contributed by atoms with Gasteiger partial charge in [0.2, 0.25) is 5.91 Å². The van der Waals surface area contributed by atoms with E-state index in [2.05, 4.69) is 53.5 Å². The third-order valence-corrected chi connectivity index (χ3v) is 7.25. The van der Waals surface area contributed by atoms with Gasteiger partial charge >= 0.3 is 0 Å². The second kappa shape index (κ2) is 10.2. The van der Waals surface area contributed by atoms with Crippen LogP contribution in [0.25, 0.3) is 0 Å². The van der Waals surface area contributed by atoms with Crippen LogP contribution in [0.2, 0.25) is 0 Å². The number of nitrogens with zero attached hydrogens (tertiary/aromatic N) is 1. The molecule has 1 aliphatic heterocycles. The molecule has 6 heteroatoms. The fourth-order valence-electron chi connectivity index (χ4n) is 5.04. The van der Waals surface area contributed by atoms with Crippen molar-refractivity contribution in [2.24, 2.45) is 5.92 Å². The molecule has 0 saturated heterocycles. The molecule has 1 atom stereocenters. The van der Waals surface area contributed by atoms with Crippen LogP contribution in [-0.2, 0) is 17.8 Å². The molecular formula is C32H30N2O4. The maximum atomic E-state index is 13.2. The van der Waals surface area contributed by atoms with Crippen LogP contribution in [0.15, 0.2) is 89.3 Å². The van der Waals surface area contributed by atoms with Gasteiger partial charge in [-0.05, 0) is 79.3 Å². The zero-order chi connectivity index (χ0) is 26.1. The predicted molar refractivity (Wildman–Crippen MR) is 145 cm³/mol. The lowest BCUT2D eigenvalue weighted by atomic mass is 9.87. The minimum Gasteiger partial charge on any atom is -0.486 e. The molecular weight excluding hydrogens is 476 g/mol. The molecule has 0 spiro atoms. The first-order valence-corrected chi connectivity index (χ1v) is 13.1. The van der Waals surface area contributed by atoms with Crippen LogP contribution in [0.3, 0.4) is 0 Å². The van der Waals surface area contributed by atoms with Gasteiger partial charge in [-0.1, -0.05) is 54.1 Å². The first kappa shape index (κ1) is 24.0. The third-order valence-electron chi connectivity index (χ3n) is 7.25. The average molecular weight is 507 g/mol. The largest absolute Gasteiger partial charge is 0.486 e. The number of furan rings is 1. The third kappa shape index (κ3) is 5.07. The number of amides is 2. The minimum absolute atomic E-state index is 0.132. The van der Waals surface area contributed by atoms with Crippen molar-refractivity contribution in [3.8, 4) is 5.75 Å². The van der Waals surface area contributed by atoms with E-state index in [0.717, 1.165) is 36.9 Å². The molecule has 0 radical (unpaired) electrons. The monoisotopic (exact) mass is 506 g/mol. The summed E-state index contributed by atoms with van der Waals surface area (Å²) in [7, 11) is 0. The van der Waals surface area contributed by atoms with Crippen molar-refractivity contribution in [3.05, 3.63) is 119 Å². The summed E-state index contributed by atoms with van der Waals surface area (Å²) >= 11 is 0. The predicted octanol–water partition coefficient (Wildman–Crippen LogP) is 6.30. The lowest BCUT2D eigenvalue weighted by Gasteiger charge is -2.38. The van der Waals surface area contributed by atoms with E-state index in [1.165, 1.54) is 11.1 Å². The lowest BCUT2D eigenvalue weighted by Crippen LogP contribution is -2.41. The summed E-state index contributed by atoms with van der Waals surface area (Å²) in [4.78, 5) is 27.8. The number of para-hydroxylation sites is 1. The van der Waals surface area contributed by atoms with Crippen LogP contribution in [0, 0.1) is 12.8 Å². The van der Waals surface area contributed by atoms with Crippen molar-refractivity contribution < 1.29 is 18.7 Å². The second-order valence-corrected chi connectivity index (χ2v) is 10.1. The highest BCUT2D eigenvalue weighted by atomic mass is 16.5. The Morgan fingerprint density at radius 2 is 1.76 bits per heavy atom. The maximum Gasteiger partial charge on any atom is 0.291 e. The number of hydrogen-bond donors (Lipinski definition) is 1. The van der Waals surface area contributed by atoms with Crippen molar-refractivity contribution in [3.63, 3.8) is 0 Å². The van der Waals surface area contributed by atoms with Gasteiger partial charge in [-0.3, -0.25) is 9.59 Å². The van der Waals surface area contributed by atoms with Gasteiger partial charge in [-0.2, -0.15) is 0 Å². The van der Waals surface area contributed by atoms with Gasteiger partial charge in [-0.15, -0.1) is 0 Å². The van der Waals surface area contributed by atoms with Gasteiger partial charge in [0.1, 0.15) is 18.1 Å². The molecule has 1 saturated carbocycles. The van der Waals surface area contributed by atoms with Gasteiger partial charge in [-0.25, -0.2) is 0 Å². The number of carbonyl (C=O) groups is 2. The molecule has 1 aromatic heterocycles. The molecule has 2 amide bonds. The van der Waals surface area contributed by atoms with Crippen molar-refractivity contribution in [1.29, 1.82) is 0 Å². The van der Waals surface area contributed by atoms with Gasteiger partial charge < -0.3 is 19.4 Å². The first-order chi connectivity index (χ1) is 18.5. The van der Waals surface area contributed by atoms with Crippen molar-refractivity contribution in [2.75, 3.05) is 11.9 Å². The Balaban J connectivity index is 1.20. The van der Waals surface area contributed by atoms with Crippen LogP contribution in [0.1, 0.15) is 57.5 Å². The van der Waals surface area contributed by atoms with E-state index in [9.17, 15) is 9.59 Å². The van der Waals surface area contributed by atoms with Gasteiger partial charge in [0.05, 0.1) is 6.04 Å². The summed E-state index contributed by atoms with van der Waals surface area (Å²) in [6.07, 6.45) is 2.80. The second-order valence-electron chi connectivity index (χ2n) is 10.1. The highest BCUT2D eigenvalue weighted by Crippen LogP contribution is 2.41. The number of nitrogens with one attached hydrogen (secondary N) is 1. The summed E-state index contributed by atoms with van der Waals surface area (Å²) in [6.45, 7) is 2.99. The molecule has 4 aromatic rings. The quantitative estimate of drug-likeness (QED) is 0.319. The Morgan fingerprint density at radius 1 is 0.974 bits per heavy atom. The zero-order valence-corrected chi connectivity index (χ0v) is 21.4. The van der Waals surface area contributed by atoms with Crippen LogP contribution >= 0.6 is 0 Å². The first-order valence-electron chi connectivity index (χ1n) is 13.1. The fraction of sp³-hybridized carbons (Fsp3) is 0.250. The normalized spacial score (nSPS) is 16.6. The highest BCUT2D eigenvalue weighted by Gasteiger charge is 2.39. The fourth-order valence-corrected chi connectivity index (χ4v) is 5.04. The molecule has 2 heterocycles. The Labute approximate surface area is 222 Å². The Bertz CT molecular complexity index is 1450. The molecule has 1 aliphatic carbocycles. The summed E-state index contributed by atoms with van der Waals surface area (Å²) < 4.78 is 11.8. The smallest absolute Gasteiger partial charge is 0.291 e. The lowest BCUT2D eigenvalue weighted by molar-refractivity contribution is -0.134. The highest BCUT2D eigenvalue weighted by molar-refractivity contribution is 6.02. The Hall–Kier alpha value is -4.32. The standard InChI is InChI=1S/C32H30N2O4/c1-21-7-9-23(10-8-21)30-28-19-26(14-13-22(28)17-18-34(30)32(36)24-11-12-24)37-20-27-15-16-29(38-27)31(35)33-25-5-3-2-4-6-25/h2-10,13-16,19,24,30H,11-12,17-18,20H2,1H3,(H,33,35)/t30-/m1/s1. The summed E-state index contributed by atoms with van der Waals surface area (Å²) in [5.74, 6) is 1.60.